The maximum atomic E-state index is 12.4. The van der Waals surface area contributed by atoms with Gasteiger partial charge in [0.05, 0.1) is 23.7 Å². The number of H-pyrrole nitrogens is 1. The maximum Gasteiger partial charge on any atom is 0.547 e. The fourth-order valence-electron chi connectivity index (χ4n) is 3.07. The molecule has 7 N–H and O–H groups in total. The number of aliphatic hydroxyl groups is 2. The van der Waals surface area contributed by atoms with Crippen LogP contribution in [0.5, 0.6) is 5.75 Å². The summed E-state index contributed by atoms with van der Waals surface area (Å²) in [4.78, 5) is 12.4. The zero-order chi connectivity index (χ0) is 19.4. The van der Waals surface area contributed by atoms with Crippen LogP contribution < -0.4 is 15.7 Å². The summed E-state index contributed by atoms with van der Waals surface area (Å²) in [5, 5.41) is 42.3. The Morgan fingerprint density at radius 3 is 2.93 bits per heavy atom. The van der Waals surface area contributed by atoms with Gasteiger partial charge < -0.3 is 30.9 Å². The molecule has 1 aliphatic rings. The quantitative estimate of drug-likeness (QED) is 0.248. The van der Waals surface area contributed by atoms with Crippen molar-refractivity contribution in [1.82, 2.24) is 20.7 Å². The number of nitrogens with two attached hydrogens (primary N) is 1. The lowest BCUT2D eigenvalue weighted by molar-refractivity contribution is -0.120. The first-order valence-electron chi connectivity index (χ1n) is 8.70. The standard InChI is InChI=1S/C16H22BN5O5/c18-6-2-5-11-12(21-22-20-11)8-14(23)19-13-7-9-3-1-4-10(16(24)25)15(9)27-17(13)26/h1,3-4,13,16,24-26H,2,5-8,18H2,(H,19,23)(H,20,21,22)/t13-/m0/s1. The van der Waals surface area contributed by atoms with E-state index >= 15 is 0 Å². The Hall–Kier alpha value is -2.47. The van der Waals surface area contributed by atoms with Gasteiger partial charge in [0.15, 0.2) is 6.29 Å². The van der Waals surface area contributed by atoms with Crippen LogP contribution >= 0.6 is 0 Å². The minimum absolute atomic E-state index is 0.0157. The predicted molar refractivity (Wildman–Crippen MR) is 95.3 cm³/mol. The van der Waals surface area contributed by atoms with Crippen molar-refractivity contribution in [3.63, 3.8) is 0 Å². The minimum atomic E-state index is -1.71. The Bertz CT molecular complexity index is 799. The van der Waals surface area contributed by atoms with Gasteiger partial charge in [0.1, 0.15) is 5.75 Å². The number of aryl methyl sites for hydroxylation is 1. The molecule has 0 aliphatic carbocycles. The number of hydrogen-bond donors (Lipinski definition) is 6. The molecule has 3 rings (SSSR count). The lowest BCUT2D eigenvalue weighted by Gasteiger charge is -2.29. The van der Waals surface area contributed by atoms with E-state index in [1.165, 1.54) is 6.07 Å². The minimum Gasteiger partial charge on any atom is -0.534 e. The Morgan fingerprint density at radius 2 is 2.19 bits per heavy atom. The van der Waals surface area contributed by atoms with Crippen LogP contribution in [0.2, 0.25) is 0 Å². The molecule has 0 spiro atoms. The van der Waals surface area contributed by atoms with Crippen LogP contribution in [0.25, 0.3) is 0 Å². The topological polar surface area (TPSA) is 167 Å². The lowest BCUT2D eigenvalue weighted by Crippen LogP contribution is -2.53. The van der Waals surface area contributed by atoms with Gasteiger partial charge in [-0.15, -0.1) is 0 Å². The molecule has 11 heteroatoms. The third kappa shape index (κ3) is 4.45. The molecular weight excluding hydrogens is 353 g/mol. The number of carbonyl (C=O) groups is 1. The summed E-state index contributed by atoms with van der Waals surface area (Å²) in [6.07, 6.45) is -0.0301. The summed E-state index contributed by atoms with van der Waals surface area (Å²) in [5.74, 6) is -0.770. The summed E-state index contributed by atoms with van der Waals surface area (Å²) in [6, 6.07) is 4.91. The normalized spacial score (nSPS) is 16.2. The Morgan fingerprint density at radius 1 is 1.41 bits per heavy atom. The fourth-order valence-corrected chi connectivity index (χ4v) is 3.07. The van der Waals surface area contributed by atoms with Crippen LogP contribution in [0.3, 0.4) is 0 Å². The molecule has 2 aromatic rings. The van der Waals surface area contributed by atoms with Gasteiger partial charge in [-0.25, -0.2) is 0 Å². The molecule has 0 bridgehead atoms. The van der Waals surface area contributed by atoms with Crippen molar-refractivity contribution in [3.8, 4) is 5.75 Å². The number of aromatic nitrogens is 3. The summed E-state index contributed by atoms with van der Waals surface area (Å²) in [5.41, 5.74) is 7.57. The van der Waals surface area contributed by atoms with Crippen molar-refractivity contribution in [3.05, 3.63) is 40.7 Å². The molecule has 2 heterocycles. The van der Waals surface area contributed by atoms with Gasteiger partial charge in [-0.1, -0.05) is 18.2 Å². The van der Waals surface area contributed by atoms with E-state index in [4.69, 9.17) is 10.4 Å². The largest absolute Gasteiger partial charge is 0.547 e. The van der Waals surface area contributed by atoms with E-state index in [-0.39, 0.29) is 23.6 Å². The number of carbonyl (C=O) groups excluding carboxylic acids is 1. The van der Waals surface area contributed by atoms with Gasteiger partial charge in [-0.3, -0.25) is 4.79 Å². The summed E-state index contributed by atoms with van der Waals surface area (Å²) in [7, 11) is -1.31. The Labute approximate surface area is 155 Å². The molecule has 1 aromatic carbocycles. The first-order chi connectivity index (χ1) is 13.0. The summed E-state index contributed by atoms with van der Waals surface area (Å²) >= 11 is 0. The van der Waals surface area contributed by atoms with Crippen molar-refractivity contribution in [2.75, 3.05) is 6.54 Å². The van der Waals surface area contributed by atoms with Gasteiger partial charge >= 0.3 is 7.12 Å². The molecule has 1 atom stereocenters. The van der Waals surface area contributed by atoms with Crippen LogP contribution in [0, 0.1) is 0 Å². The highest BCUT2D eigenvalue weighted by Gasteiger charge is 2.37. The number of hydrogen-bond acceptors (Lipinski definition) is 8. The maximum absolute atomic E-state index is 12.4. The van der Waals surface area contributed by atoms with Crippen molar-refractivity contribution in [2.45, 2.75) is 37.9 Å². The van der Waals surface area contributed by atoms with Crippen molar-refractivity contribution < 1.29 is 24.7 Å². The Balaban J connectivity index is 1.65. The molecule has 1 amide bonds. The number of nitrogens with zero attached hydrogens (tertiary/aromatic N) is 2. The average Bonchev–Trinajstić information content (AvgIpc) is 3.06. The second-order valence-corrected chi connectivity index (χ2v) is 6.38. The number of para-hydroxylation sites is 1. The number of nitrogens with one attached hydrogen (secondary N) is 2. The number of aromatic amines is 1. The molecular formula is C16H22BN5O5. The SMILES string of the molecule is NCCCc1n[nH]nc1CC(=O)N[C@H]1Cc2cccc(C(O)O)c2OB1O. The van der Waals surface area contributed by atoms with Crippen molar-refractivity contribution in [2.24, 2.45) is 5.73 Å². The monoisotopic (exact) mass is 375 g/mol. The van der Waals surface area contributed by atoms with Gasteiger partial charge in [0.25, 0.3) is 0 Å². The number of fused-ring (bicyclic) bond motifs is 1. The first-order valence-corrected chi connectivity index (χ1v) is 8.70. The van der Waals surface area contributed by atoms with Gasteiger partial charge in [-0.2, -0.15) is 15.4 Å². The van der Waals surface area contributed by atoms with Crippen LogP contribution in [0.15, 0.2) is 18.2 Å². The first kappa shape index (κ1) is 19.3. The average molecular weight is 375 g/mol. The van der Waals surface area contributed by atoms with E-state index in [2.05, 4.69) is 20.7 Å². The highest BCUT2D eigenvalue weighted by atomic mass is 16.5. The molecule has 0 radical (unpaired) electrons. The summed E-state index contributed by atoms with van der Waals surface area (Å²) in [6.45, 7) is 0.522. The third-order valence-corrected chi connectivity index (χ3v) is 4.42. The molecule has 0 saturated carbocycles. The van der Waals surface area contributed by atoms with E-state index in [1.54, 1.807) is 12.1 Å². The highest BCUT2D eigenvalue weighted by molar-refractivity contribution is 6.46. The molecule has 0 unspecified atom stereocenters. The van der Waals surface area contributed by atoms with Crippen LogP contribution in [-0.2, 0) is 24.1 Å². The second-order valence-electron chi connectivity index (χ2n) is 6.38. The Kier molecular flexibility index (Phi) is 6.06. The number of aliphatic hydroxyl groups excluding tert-OH is 1. The van der Waals surface area contributed by atoms with E-state index in [0.717, 1.165) is 6.42 Å². The lowest BCUT2D eigenvalue weighted by atomic mass is 9.72. The van der Waals surface area contributed by atoms with E-state index < -0.39 is 19.3 Å². The van der Waals surface area contributed by atoms with E-state index in [9.17, 15) is 20.0 Å². The van der Waals surface area contributed by atoms with Gasteiger partial charge in [-0.05, 0) is 31.4 Å². The van der Waals surface area contributed by atoms with E-state index in [0.29, 0.717) is 36.3 Å². The number of amides is 1. The zero-order valence-electron chi connectivity index (χ0n) is 14.6. The molecule has 0 saturated heterocycles. The second kappa shape index (κ2) is 8.48. The highest BCUT2D eigenvalue weighted by Crippen LogP contribution is 2.32. The fraction of sp³-hybridized carbons (Fsp3) is 0.438. The van der Waals surface area contributed by atoms with Gasteiger partial charge in [0, 0.05) is 5.56 Å². The van der Waals surface area contributed by atoms with Crippen molar-refractivity contribution >= 4 is 13.0 Å². The smallest absolute Gasteiger partial charge is 0.534 e. The van der Waals surface area contributed by atoms with E-state index in [1.807, 2.05) is 0 Å². The van der Waals surface area contributed by atoms with Gasteiger partial charge in [0.2, 0.25) is 5.91 Å². The zero-order valence-corrected chi connectivity index (χ0v) is 14.6. The van der Waals surface area contributed by atoms with Crippen LogP contribution in [-0.4, -0.2) is 56.2 Å². The number of benzene rings is 1. The molecule has 1 aliphatic heterocycles. The molecule has 10 nitrogen and oxygen atoms in total. The van der Waals surface area contributed by atoms with Crippen LogP contribution in [0.4, 0.5) is 0 Å². The van der Waals surface area contributed by atoms with Crippen LogP contribution in [0.1, 0.15) is 35.2 Å². The predicted octanol–water partition coefficient (Wildman–Crippen LogP) is -1.64. The molecule has 1 aromatic heterocycles. The molecule has 0 fully saturated rings. The molecule has 144 valence electrons. The molecule has 27 heavy (non-hydrogen) atoms. The number of rotatable bonds is 7. The third-order valence-electron chi connectivity index (χ3n) is 4.42. The van der Waals surface area contributed by atoms with Crippen molar-refractivity contribution in [1.29, 1.82) is 0 Å². The summed E-state index contributed by atoms with van der Waals surface area (Å²) < 4.78 is 5.42.